The van der Waals surface area contributed by atoms with Crippen molar-refractivity contribution >= 4 is 11.9 Å². The Bertz CT molecular complexity index is 498. The van der Waals surface area contributed by atoms with Gasteiger partial charge in [0.25, 0.3) is 0 Å². The molecule has 110 valence electrons. The summed E-state index contributed by atoms with van der Waals surface area (Å²) in [6.45, 7) is 4.43. The van der Waals surface area contributed by atoms with Gasteiger partial charge in [0.1, 0.15) is 6.04 Å². The first-order valence-corrected chi connectivity index (χ1v) is 6.83. The Morgan fingerprint density at radius 2 is 2.25 bits per heavy atom. The number of amides is 1. The van der Waals surface area contributed by atoms with E-state index in [0.29, 0.717) is 31.1 Å². The molecule has 1 aliphatic rings. The van der Waals surface area contributed by atoms with Gasteiger partial charge in [0.2, 0.25) is 11.8 Å². The summed E-state index contributed by atoms with van der Waals surface area (Å²) in [6.07, 6.45) is 1.81. The molecule has 0 aliphatic carbocycles. The van der Waals surface area contributed by atoms with Gasteiger partial charge in [-0.1, -0.05) is 19.0 Å². The van der Waals surface area contributed by atoms with E-state index in [1.807, 2.05) is 13.8 Å². The molecule has 7 heteroatoms. The summed E-state index contributed by atoms with van der Waals surface area (Å²) in [6, 6.07) is -0.684. The monoisotopic (exact) mass is 281 g/mol. The zero-order chi connectivity index (χ0) is 14.7. The van der Waals surface area contributed by atoms with Crippen LogP contribution in [0.2, 0.25) is 0 Å². The number of nitrogens with zero attached hydrogens (tertiary/aromatic N) is 3. The van der Waals surface area contributed by atoms with Crippen molar-refractivity contribution in [3.63, 3.8) is 0 Å². The second-order valence-electron chi connectivity index (χ2n) is 5.28. The number of rotatable bonds is 5. The third kappa shape index (κ3) is 3.15. The van der Waals surface area contributed by atoms with Gasteiger partial charge < -0.3 is 14.5 Å². The highest BCUT2D eigenvalue weighted by Crippen LogP contribution is 2.19. The number of carboxylic acids is 1. The van der Waals surface area contributed by atoms with Crippen LogP contribution in [0, 0.1) is 0 Å². The van der Waals surface area contributed by atoms with Crippen molar-refractivity contribution in [1.82, 2.24) is 15.0 Å². The summed E-state index contributed by atoms with van der Waals surface area (Å²) in [5.41, 5.74) is 0. The van der Waals surface area contributed by atoms with Crippen LogP contribution in [0.5, 0.6) is 0 Å². The number of carbonyl (C=O) groups excluding carboxylic acids is 1. The topological polar surface area (TPSA) is 96.5 Å². The maximum absolute atomic E-state index is 12.0. The van der Waals surface area contributed by atoms with Crippen molar-refractivity contribution in [2.75, 3.05) is 6.54 Å². The van der Waals surface area contributed by atoms with E-state index in [2.05, 4.69) is 10.1 Å². The lowest BCUT2D eigenvalue weighted by atomic mass is 10.2. The minimum atomic E-state index is -0.935. The van der Waals surface area contributed by atoms with Gasteiger partial charge in [0.15, 0.2) is 5.82 Å². The molecule has 1 saturated heterocycles. The Hall–Kier alpha value is -1.92. The van der Waals surface area contributed by atoms with E-state index < -0.39 is 12.0 Å². The molecule has 0 bridgehead atoms. The Labute approximate surface area is 117 Å². The molecule has 20 heavy (non-hydrogen) atoms. The van der Waals surface area contributed by atoms with Gasteiger partial charge in [0.05, 0.1) is 0 Å². The van der Waals surface area contributed by atoms with Gasteiger partial charge in [-0.15, -0.1) is 0 Å². The molecule has 0 aromatic carbocycles. The molecular weight excluding hydrogens is 262 g/mol. The number of carboxylic acid groups (broad SMARTS) is 1. The van der Waals surface area contributed by atoms with Crippen LogP contribution in [0.4, 0.5) is 0 Å². The average molecular weight is 281 g/mol. The summed E-state index contributed by atoms with van der Waals surface area (Å²) < 4.78 is 5.07. The van der Waals surface area contributed by atoms with E-state index in [1.165, 1.54) is 4.90 Å². The van der Waals surface area contributed by atoms with Crippen LogP contribution in [0.3, 0.4) is 0 Å². The highest BCUT2D eigenvalue weighted by atomic mass is 16.5. The summed E-state index contributed by atoms with van der Waals surface area (Å²) in [4.78, 5) is 28.7. The lowest BCUT2D eigenvalue weighted by molar-refractivity contribution is -0.148. The van der Waals surface area contributed by atoms with Crippen molar-refractivity contribution in [3.8, 4) is 0 Å². The third-order valence-corrected chi connectivity index (χ3v) is 3.41. The molecule has 1 aliphatic heterocycles. The molecular formula is C13H19N3O4. The van der Waals surface area contributed by atoms with Gasteiger partial charge >= 0.3 is 5.97 Å². The van der Waals surface area contributed by atoms with Crippen molar-refractivity contribution in [1.29, 1.82) is 0 Å². The lowest BCUT2D eigenvalue weighted by Gasteiger charge is -2.20. The standard InChI is InChI=1S/C13H19N3O4/c1-8(2)12-14-10(20-15-12)5-6-11(17)16-7-3-4-9(16)13(18)19/h8-9H,3-7H2,1-2H3,(H,18,19)/t9-/m0/s1. The summed E-state index contributed by atoms with van der Waals surface area (Å²) in [5, 5.41) is 12.9. The molecule has 1 N–H and O–H groups in total. The molecule has 2 rings (SSSR count). The van der Waals surface area contributed by atoms with E-state index in [9.17, 15) is 9.59 Å². The number of hydrogen-bond donors (Lipinski definition) is 1. The normalized spacial score (nSPS) is 18.8. The Morgan fingerprint density at radius 3 is 2.85 bits per heavy atom. The van der Waals surface area contributed by atoms with Crippen LogP contribution < -0.4 is 0 Å². The number of aryl methyl sites for hydroxylation is 1. The largest absolute Gasteiger partial charge is 0.480 e. The minimum Gasteiger partial charge on any atom is -0.480 e. The SMILES string of the molecule is CC(C)c1noc(CCC(=O)N2CCC[C@H]2C(=O)O)n1. The van der Waals surface area contributed by atoms with Crippen LogP contribution in [0.25, 0.3) is 0 Å². The molecule has 1 fully saturated rings. The van der Waals surface area contributed by atoms with Gasteiger partial charge in [-0.2, -0.15) is 4.98 Å². The first-order valence-electron chi connectivity index (χ1n) is 6.83. The first kappa shape index (κ1) is 14.5. The van der Waals surface area contributed by atoms with Gasteiger partial charge in [-0.05, 0) is 12.8 Å². The molecule has 0 saturated carbocycles. The highest BCUT2D eigenvalue weighted by Gasteiger charge is 2.33. The van der Waals surface area contributed by atoms with Crippen LogP contribution in [0.15, 0.2) is 4.52 Å². The van der Waals surface area contributed by atoms with E-state index >= 15 is 0 Å². The van der Waals surface area contributed by atoms with Crippen molar-refractivity contribution < 1.29 is 19.2 Å². The summed E-state index contributed by atoms with van der Waals surface area (Å²) >= 11 is 0. The maximum Gasteiger partial charge on any atom is 0.326 e. The number of aliphatic carboxylic acids is 1. The van der Waals surface area contributed by atoms with Crippen LogP contribution in [0.1, 0.15) is 50.7 Å². The molecule has 1 amide bonds. The smallest absolute Gasteiger partial charge is 0.326 e. The van der Waals surface area contributed by atoms with Crippen molar-refractivity contribution in [2.45, 2.75) is 51.5 Å². The minimum absolute atomic E-state index is 0.167. The Kier molecular flexibility index (Phi) is 4.36. The van der Waals surface area contributed by atoms with Crippen molar-refractivity contribution in [3.05, 3.63) is 11.7 Å². The zero-order valence-corrected chi connectivity index (χ0v) is 11.7. The van der Waals surface area contributed by atoms with Gasteiger partial charge in [0, 0.05) is 25.3 Å². The summed E-state index contributed by atoms with van der Waals surface area (Å²) in [7, 11) is 0. The number of aromatic nitrogens is 2. The molecule has 0 spiro atoms. The number of hydrogen-bond acceptors (Lipinski definition) is 5. The Balaban J connectivity index is 1.89. The third-order valence-electron chi connectivity index (χ3n) is 3.41. The van der Waals surface area contributed by atoms with Gasteiger partial charge in [-0.25, -0.2) is 4.79 Å². The number of carbonyl (C=O) groups is 2. The fraction of sp³-hybridized carbons (Fsp3) is 0.692. The van der Waals surface area contributed by atoms with E-state index in [0.717, 1.165) is 6.42 Å². The second kappa shape index (κ2) is 6.02. The van der Waals surface area contributed by atoms with E-state index in [4.69, 9.17) is 9.63 Å². The van der Waals surface area contributed by atoms with Crippen LogP contribution in [-0.2, 0) is 16.0 Å². The summed E-state index contributed by atoms with van der Waals surface area (Å²) in [5.74, 6) is 0.123. The first-order chi connectivity index (χ1) is 9.49. The molecule has 1 atom stereocenters. The lowest BCUT2D eigenvalue weighted by Crippen LogP contribution is -2.40. The second-order valence-corrected chi connectivity index (χ2v) is 5.28. The fourth-order valence-electron chi connectivity index (χ4n) is 2.28. The van der Waals surface area contributed by atoms with E-state index in [1.54, 1.807) is 0 Å². The molecule has 1 aromatic heterocycles. The maximum atomic E-state index is 12.0. The fourth-order valence-corrected chi connectivity index (χ4v) is 2.28. The molecule has 0 unspecified atom stereocenters. The van der Waals surface area contributed by atoms with E-state index in [-0.39, 0.29) is 18.2 Å². The molecule has 1 aromatic rings. The quantitative estimate of drug-likeness (QED) is 0.871. The molecule has 0 radical (unpaired) electrons. The van der Waals surface area contributed by atoms with Crippen LogP contribution >= 0.6 is 0 Å². The zero-order valence-electron chi connectivity index (χ0n) is 11.7. The molecule has 2 heterocycles. The van der Waals surface area contributed by atoms with Gasteiger partial charge in [-0.3, -0.25) is 4.79 Å². The van der Waals surface area contributed by atoms with Crippen molar-refractivity contribution in [2.24, 2.45) is 0 Å². The highest BCUT2D eigenvalue weighted by molar-refractivity contribution is 5.84. The number of likely N-dealkylation sites (tertiary alicyclic amines) is 1. The average Bonchev–Trinajstić information content (AvgIpc) is 3.04. The Morgan fingerprint density at radius 1 is 1.50 bits per heavy atom. The predicted molar refractivity (Wildman–Crippen MR) is 69.1 cm³/mol. The van der Waals surface area contributed by atoms with Crippen LogP contribution in [-0.4, -0.2) is 44.6 Å². The molecule has 7 nitrogen and oxygen atoms in total. The predicted octanol–water partition coefficient (Wildman–Crippen LogP) is 1.20.